The second kappa shape index (κ2) is 10.7. The van der Waals surface area contributed by atoms with Gasteiger partial charge in [-0.15, -0.1) is 0 Å². The van der Waals surface area contributed by atoms with E-state index in [1.54, 1.807) is 13.0 Å². The number of nitrogens with zero attached hydrogens (tertiary/aromatic N) is 1. The molecule has 4 heteroatoms. The summed E-state index contributed by atoms with van der Waals surface area (Å²) >= 11 is 0. The van der Waals surface area contributed by atoms with Crippen LogP contribution in [0.4, 0.5) is 0 Å². The molecule has 3 aromatic rings. The van der Waals surface area contributed by atoms with Crippen molar-refractivity contribution in [3.05, 3.63) is 102 Å². The molecule has 3 nitrogen and oxygen atoms in total. The topological polar surface area (TPSA) is 50.1 Å². The summed E-state index contributed by atoms with van der Waals surface area (Å²) in [4.78, 5) is 11.9. The number of benzene rings is 3. The molecule has 0 amide bonds. The maximum Gasteiger partial charge on any atom is 0.348 e. The van der Waals surface area contributed by atoms with Crippen LogP contribution in [-0.2, 0) is 15.7 Å². The van der Waals surface area contributed by atoms with Gasteiger partial charge >= 0.3 is 5.97 Å². The van der Waals surface area contributed by atoms with Gasteiger partial charge in [0.2, 0.25) is 0 Å². The third-order valence-corrected chi connectivity index (χ3v) is 9.96. The van der Waals surface area contributed by atoms with E-state index in [0.29, 0.717) is 0 Å². The number of hydrogen-bond donors (Lipinski definition) is 0. The number of ether oxygens (including phenoxy) is 1. The van der Waals surface area contributed by atoms with E-state index < -0.39 is 13.2 Å². The van der Waals surface area contributed by atoms with Crippen LogP contribution in [0.25, 0.3) is 6.08 Å². The van der Waals surface area contributed by atoms with Gasteiger partial charge in [-0.05, 0) is 55.3 Å². The molecule has 0 aliphatic heterocycles. The molecule has 3 aromatic carbocycles. The van der Waals surface area contributed by atoms with E-state index in [1.807, 2.05) is 18.2 Å². The molecule has 0 fully saturated rings. The minimum Gasteiger partial charge on any atom is -0.462 e. The molecule has 0 spiro atoms. The molecule has 0 N–H and O–H groups in total. The van der Waals surface area contributed by atoms with Gasteiger partial charge in [-0.2, -0.15) is 5.26 Å². The van der Waals surface area contributed by atoms with Gasteiger partial charge in [0, 0.05) is 0 Å². The van der Waals surface area contributed by atoms with Gasteiger partial charge < -0.3 is 4.74 Å². The number of esters is 1. The Hall–Kier alpha value is -3.21. The van der Waals surface area contributed by atoms with E-state index in [4.69, 9.17) is 4.74 Å². The lowest BCUT2D eigenvalue weighted by atomic mass is 10.1. The standard InChI is InChI=1S/C27H27NO2P/c1-3-30-27(29)24(20-28)19-22-15-17-23(18-16-22)21-31(4-2,25-11-7-5-8-12-25)26-13-9-6-10-14-26/h5-19H,3-4,21H2,1-2H3/q+1. The molecule has 0 aliphatic rings. The lowest BCUT2D eigenvalue weighted by Gasteiger charge is -2.26. The van der Waals surface area contributed by atoms with Gasteiger partial charge in [0.25, 0.3) is 0 Å². The fourth-order valence-electron chi connectivity index (χ4n) is 3.78. The summed E-state index contributed by atoms with van der Waals surface area (Å²) < 4.78 is 4.94. The van der Waals surface area contributed by atoms with Gasteiger partial charge in [-0.1, -0.05) is 60.7 Å². The summed E-state index contributed by atoms with van der Waals surface area (Å²) in [7, 11) is -1.62. The Bertz CT molecular complexity index is 1030. The lowest BCUT2D eigenvalue weighted by Crippen LogP contribution is -2.25. The van der Waals surface area contributed by atoms with Gasteiger partial charge in [0.1, 0.15) is 11.6 Å². The van der Waals surface area contributed by atoms with Gasteiger partial charge in [-0.25, -0.2) is 4.79 Å². The van der Waals surface area contributed by atoms with Crippen molar-refractivity contribution < 1.29 is 9.53 Å². The van der Waals surface area contributed by atoms with Crippen molar-refractivity contribution in [3.8, 4) is 6.07 Å². The van der Waals surface area contributed by atoms with Crippen LogP contribution in [-0.4, -0.2) is 18.7 Å². The Labute approximate surface area is 185 Å². The van der Waals surface area contributed by atoms with Crippen molar-refractivity contribution in [2.24, 2.45) is 0 Å². The van der Waals surface area contributed by atoms with Crippen LogP contribution in [0, 0.1) is 11.3 Å². The number of hydrogen-bond acceptors (Lipinski definition) is 3. The summed E-state index contributed by atoms with van der Waals surface area (Å²) in [6.07, 6.45) is 3.62. The smallest absolute Gasteiger partial charge is 0.348 e. The molecule has 0 radical (unpaired) electrons. The number of carbonyl (C=O) groups excluding carboxylic acids is 1. The van der Waals surface area contributed by atoms with E-state index in [0.717, 1.165) is 17.9 Å². The van der Waals surface area contributed by atoms with Crippen LogP contribution in [0.5, 0.6) is 0 Å². The molecule has 156 valence electrons. The minimum absolute atomic E-state index is 0.0126. The first-order chi connectivity index (χ1) is 15.1. The Kier molecular flexibility index (Phi) is 7.76. The summed E-state index contributed by atoms with van der Waals surface area (Å²) in [5.41, 5.74) is 2.07. The Balaban J connectivity index is 1.95. The molecule has 0 bridgehead atoms. The first kappa shape index (κ1) is 22.5. The van der Waals surface area contributed by atoms with Crippen molar-refractivity contribution >= 4 is 29.9 Å². The highest BCUT2D eigenvalue weighted by molar-refractivity contribution is 7.88. The Morgan fingerprint density at radius 2 is 1.45 bits per heavy atom. The quantitative estimate of drug-likeness (QED) is 0.210. The average molecular weight is 428 g/mol. The number of nitriles is 1. The summed E-state index contributed by atoms with van der Waals surface area (Å²) in [6.45, 7) is 4.26. The Morgan fingerprint density at radius 1 is 0.903 bits per heavy atom. The van der Waals surface area contributed by atoms with Crippen LogP contribution in [0.2, 0.25) is 0 Å². The van der Waals surface area contributed by atoms with Crippen molar-refractivity contribution in [2.75, 3.05) is 12.8 Å². The van der Waals surface area contributed by atoms with Gasteiger partial charge in [0.15, 0.2) is 0 Å². The van der Waals surface area contributed by atoms with Crippen molar-refractivity contribution in [1.29, 1.82) is 5.26 Å². The fraction of sp³-hybridized carbons (Fsp3) is 0.185. The second-order valence-electron chi connectivity index (χ2n) is 7.25. The van der Waals surface area contributed by atoms with E-state index in [1.165, 1.54) is 16.2 Å². The SMILES string of the molecule is CCOC(=O)C(C#N)=Cc1ccc(C[P+](CC)(c2ccccc2)c2ccccc2)cc1. The molecular formula is C27H27NO2P+. The maximum absolute atomic E-state index is 11.9. The fourth-order valence-corrected chi connectivity index (χ4v) is 7.72. The average Bonchev–Trinajstić information content (AvgIpc) is 2.83. The molecule has 0 atom stereocenters. The lowest BCUT2D eigenvalue weighted by molar-refractivity contribution is -0.137. The van der Waals surface area contributed by atoms with E-state index in [9.17, 15) is 10.1 Å². The molecule has 3 rings (SSSR count). The van der Waals surface area contributed by atoms with Crippen molar-refractivity contribution in [2.45, 2.75) is 20.0 Å². The number of carbonyl (C=O) groups is 1. The molecule has 0 aromatic heterocycles. The summed E-state index contributed by atoms with van der Waals surface area (Å²) in [5.74, 6) is -0.585. The van der Waals surface area contributed by atoms with Crippen LogP contribution in [0.3, 0.4) is 0 Å². The van der Waals surface area contributed by atoms with E-state index in [2.05, 4.69) is 79.7 Å². The number of rotatable bonds is 8. The van der Waals surface area contributed by atoms with E-state index in [-0.39, 0.29) is 12.2 Å². The van der Waals surface area contributed by atoms with E-state index >= 15 is 0 Å². The molecular weight excluding hydrogens is 401 g/mol. The highest BCUT2D eigenvalue weighted by Gasteiger charge is 2.40. The Morgan fingerprint density at radius 3 is 1.90 bits per heavy atom. The second-order valence-corrected chi connectivity index (χ2v) is 11.2. The highest BCUT2D eigenvalue weighted by Crippen LogP contribution is 2.58. The molecule has 0 saturated heterocycles. The highest BCUT2D eigenvalue weighted by atomic mass is 31.2. The molecule has 0 unspecified atom stereocenters. The third kappa shape index (κ3) is 5.29. The molecule has 31 heavy (non-hydrogen) atoms. The van der Waals surface area contributed by atoms with Crippen LogP contribution in [0.15, 0.2) is 90.5 Å². The predicted molar refractivity (Wildman–Crippen MR) is 130 cm³/mol. The third-order valence-electron chi connectivity index (χ3n) is 5.40. The molecule has 0 aliphatic carbocycles. The summed E-state index contributed by atoms with van der Waals surface area (Å²) in [6, 6.07) is 31.7. The largest absolute Gasteiger partial charge is 0.462 e. The van der Waals surface area contributed by atoms with Gasteiger partial charge in [0.05, 0.1) is 36.8 Å². The van der Waals surface area contributed by atoms with Crippen LogP contribution >= 0.6 is 7.26 Å². The van der Waals surface area contributed by atoms with Gasteiger partial charge in [-0.3, -0.25) is 0 Å². The predicted octanol–water partition coefficient (Wildman–Crippen LogP) is 5.35. The monoisotopic (exact) mass is 428 g/mol. The van der Waals surface area contributed by atoms with Crippen molar-refractivity contribution in [3.63, 3.8) is 0 Å². The minimum atomic E-state index is -1.62. The van der Waals surface area contributed by atoms with Crippen molar-refractivity contribution in [1.82, 2.24) is 0 Å². The first-order valence-electron chi connectivity index (χ1n) is 10.5. The zero-order valence-electron chi connectivity index (χ0n) is 18.0. The molecule has 0 heterocycles. The zero-order chi connectivity index (χ0) is 22.1. The van der Waals surface area contributed by atoms with Crippen LogP contribution < -0.4 is 10.6 Å². The normalized spacial score (nSPS) is 11.6. The van der Waals surface area contributed by atoms with Crippen LogP contribution in [0.1, 0.15) is 25.0 Å². The summed E-state index contributed by atoms with van der Waals surface area (Å²) in [5, 5.41) is 12.1. The maximum atomic E-state index is 11.9. The first-order valence-corrected chi connectivity index (χ1v) is 12.6. The molecule has 0 saturated carbocycles. The zero-order valence-corrected chi connectivity index (χ0v) is 18.9.